The molecule has 5 nitrogen and oxygen atoms in total. The van der Waals surface area contributed by atoms with Crippen molar-refractivity contribution in [2.24, 2.45) is 0 Å². The van der Waals surface area contributed by atoms with Crippen LogP contribution < -0.4 is 0 Å². The summed E-state index contributed by atoms with van der Waals surface area (Å²) in [6.45, 7) is 1.85. The first-order valence-electron chi connectivity index (χ1n) is 8.26. The third-order valence-electron chi connectivity index (χ3n) is 4.56. The fourth-order valence-corrected chi connectivity index (χ4v) is 4.74. The van der Waals surface area contributed by atoms with Crippen molar-refractivity contribution in [2.45, 2.75) is 56.6 Å². The molecule has 1 aliphatic carbocycles. The fourth-order valence-electron chi connectivity index (χ4n) is 3.31. The summed E-state index contributed by atoms with van der Waals surface area (Å²) in [5.41, 5.74) is 1.02. The maximum atomic E-state index is 12.8. The summed E-state index contributed by atoms with van der Waals surface area (Å²) in [4.78, 5) is 0. The highest BCUT2D eigenvalue weighted by Crippen LogP contribution is 2.31. The van der Waals surface area contributed by atoms with E-state index in [1.165, 1.54) is 6.42 Å². The second-order valence-electron chi connectivity index (χ2n) is 6.25. The molecule has 0 radical (unpaired) electrons. The number of aromatic nitrogens is 3. The third-order valence-corrected chi connectivity index (χ3v) is 6.13. The molecule has 1 aromatic heterocycles. The van der Waals surface area contributed by atoms with Crippen LogP contribution in [0.2, 0.25) is 0 Å². The van der Waals surface area contributed by atoms with Gasteiger partial charge in [-0.2, -0.15) is 0 Å². The summed E-state index contributed by atoms with van der Waals surface area (Å²) in [6, 6.07) is 9.91. The summed E-state index contributed by atoms with van der Waals surface area (Å²) in [5, 5.41) is 8.20. The number of benzene rings is 1. The number of nitrogens with zero attached hydrogens (tertiary/aromatic N) is 3. The molecule has 1 heterocycles. The van der Waals surface area contributed by atoms with Crippen molar-refractivity contribution < 1.29 is 8.42 Å². The van der Waals surface area contributed by atoms with Crippen molar-refractivity contribution in [3.63, 3.8) is 0 Å². The Morgan fingerprint density at radius 2 is 1.78 bits per heavy atom. The molecule has 0 saturated heterocycles. The monoisotopic (exact) mass is 333 g/mol. The maximum absolute atomic E-state index is 12.8. The van der Waals surface area contributed by atoms with Crippen molar-refractivity contribution >= 4 is 9.84 Å². The molecule has 0 aliphatic heterocycles. The van der Waals surface area contributed by atoms with Crippen molar-refractivity contribution in [1.29, 1.82) is 0 Å². The molecule has 23 heavy (non-hydrogen) atoms. The van der Waals surface area contributed by atoms with Crippen molar-refractivity contribution in [3.8, 4) is 0 Å². The Bertz CT molecular complexity index is 747. The zero-order valence-electron chi connectivity index (χ0n) is 13.5. The van der Waals surface area contributed by atoms with E-state index in [1.807, 2.05) is 41.8 Å². The topological polar surface area (TPSA) is 64.8 Å². The van der Waals surface area contributed by atoms with Gasteiger partial charge in [0.2, 0.25) is 15.0 Å². The molecular weight excluding hydrogens is 310 g/mol. The lowest BCUT2D eigenvalue weighted by atomic mass is 9.95. The van der Waals surface area contributed by atoms with Crippen LogP contribution in [-0.4, -0.2) is 28.9 Å². The SMILES string of the molecule is Cc1nnc(S(=O)(=O)CCc2ccccc2)n1C1CCCCC1. The van der Waals surface area contributed by atoms with Crippen LogP contribution in [0.25, 0.3) is 0 Å². The molecule has 0 atom stereocenters. The van der Waals surface area contributed by atoms with Crippen molar-refractivity contribution in [1.82, 2.24) is 14.8 Å². The summed E-state index contributed by atoms with van der Waals surface area (Å²) < 4.78 is 27.4. The lowest BCUT2D eigenvalue weighted by molar-refractivity contribution is 0.329. The number of hydrogen-bond donors (Lipinski definition) is 0. The highest BCUT2D eigenvalue weighted by molar-refractivity contribution is 7.91. The first kappa shape index (κ1) is 16.2. The molecule has 3 rings (SSSR count). The van der Waals surface area contributed by atoms with Gasteiger partial charge < -0.3 is 0 Å². The van der Waals surface area contributed by atoms with Gasteiger partial charge in [0.25, 0.3) is 0 Å². The Balaban J connectivity index is 1.82. The molecule has 0 unspecified atom stereocenters. The molecule has 0 bridgehead atoms. The van der Waals surface area contributed by atoms with Crippen molar-refractivity contribution in [3.05, 3.63) is 41.7 Å². The van der Waals surface area contributed by atoms with Crippen LogP contribution in [0.5, 0.6) is 0 Å². The zero-order valence-corrected chi connectivity index (χ0v) is 14.3. The predicted molar refractivity (Wildman–Crippen MR) is 89.1 cm³/mol. The fraction of sp³-hybridized carbons (Fsp3) is 0.529. The third kappa shape index (κ3) is 3.63. The van der Waals surface area contributed by atoms with Crippen LogP contribution in [0, 0.1) is 6.92 Å². The van der Waals surface area contributed by atoms with Crippen LogP contribution in [-0.2, 0) is 16.3 Å². The van der Waals surface area contributed by atoms with E-state index in [0.717, 1.165) is 31.2 Å². The van der Waals surface area contributed by atoms with Gasteiger partial charge in [0.05, 0.1) is 5.75 Å². The number of sulfone groups is 1. The van der Waals surface area contributed by atoms with Gasteiger partial charge in [0, 0.05) is 6.04 Å². The second kappa shape index (κ2) is 6.83. The van der Waals surface area contributed by atoms with Crippen LogP contribution in [0.4, 0.5) is 0 Å². The Labute approximate surface area is 137 Å². The van der Waals surface area contributed by atoms with Gasteiger partial charge in [-0.3, -0.25) is 4.57 Å². The minimum Gasteiger partial charge on any atom is -0.299 e. The van der Waals surface area contributed by atoms with E-state index in [1.54, 1.807) is 0 Å². The summed E-state index contributed by atoms with van der Waals surface area (Å²) in [7, 11) is -3.43. The molecule has 0 spiro atoms. The molecule has 1 fully saturated rings. The number of hydrogen-bond acceptors (Lipinski definition) is 4. The molecule has 2 aromatic rings. The lowest BCUT2D eigenvalue weighted by Gasteiger charge is -2.25. The summed E-state index contributed by atoms with van der Waals surface area (Å²) in [5.74, 6) is 0.775. The van der Waals surface area contributed by atoms with Gasteiger partial charge in [-0.15, -0.1) is 10.2 Å². The molecule has 124 valence electrons. The van der Waals surface area contributed by atoms with Crippen LogP contribution in [0.3, 0.4) is 0 Å². The van der Waals surface area contributed by atoms with Crippen LogP contribution in [0.15, 0.2) is 35.5 Å². The van der Waals surface area contributed by atoms with E-state index in [4.69, 9.17) is 0 Å². The average Bonchev–Trinajstić information content (AvgIpc) is 2.97. The van der Waals surface area contributed by atoms with E-state index < -0.39 is 9.84 Å². The zero-order chi connectivity index (χ0) is 16.3. The summed E-state index contributed by atoms with van der Waals surface area (Å²) in [6.07, 6.45) is 6.05. The number of aryl methyl sites for hydroxylation is 2. The molecule has 1 aliphatic rings. The normalized spacial score (nSPS) is 16.6. The smallest absolute Gasteiger partial charge is 0.249 e. The van der Waals surface area contributed by atoms with Gasteiger partial charge in [-0.05, 0) is 31.7 Å². The minimum atomic E-state index is -3.43. The van der Waals surface area contributed by atoms with E-state index in [-0.39, 0.29) is 17.0 Å². The molecule has 0 amide bonds. The standard InChI is InChI=1S/C17H23N3O2S/c1-14-18-19-17(20(14)16-10-6-3-7-11-16)23(21,22)13-12-15-8-4-2-5-9-15/h2,4-5,8-9,16H,3,6-7,10-13H2,1H3. The quantitative estimate of drug-likeness (QED) is 0.843. The maximum Gasteiger partial charge on any atom is 0.249 e. The van der Waals surface area contributed by atoms with Crippen LogP contribution >= 0.6 is 0 Å². The van der Waals surface area contributed by atoms with Gasteiger partial charge in [-0.25, -0.2) is 8.42 Å². The van der Waals surface area contributed by atoms with Gasteiger partial charge in [-0.1, -0.05) is 49.6 Å². The van der Waals surface area contributed by atoms with Crippen molar-refractivity contribution in [2.75, 3.05) is 5.75 Å². The molecule has 6 heteroatoms. The Hall–Kier alpha value is -1.69. The molecule has 1 aromatic carbocycles. The Kier molecular flexibility index (Phi) is 4.80. The second-order valence-corrected chi connectivity index (χ2v) is 8.25. The number of rotatable bonds is 5. The lowest BCUT2D eigenvalue weighted by Crippen LogP contribution is -2.21. The highest BCUT2D eigenvalue weighted by atomic mass is 32.2. The van der Waals surface area contributed by atoms with E-state index in [0.29, 0.717) is 12.2 Å². The van der Waals surface area contributed by atoms with Gasteiger partial charge in [0.15, 0.2) is 0 Å². The van der Waals surface area contributed by atoms with E-state index in [2.05, 4.69) is 10.2 Å². The first-order valence-corrected chi connectivity index (χ1v) is 9.91. The predicted octanol–water partition coefficient (Wildman–Crippen LogP) is 3.11. The van der Waals surface area contributed by atoms with Gasteiger partial charge in [0.1, 0.15) is 5.82 Å². The first-order chi connectivity index (χ1) is 11.1. The molecule has 0 N–H and O–H groups in total. The molecular formula is C17H23N3O2S. The van der Waals surface area contributed by atoms with Crippen LogP contribution in [0.1, 0.15) is 49.5 Å². The minimum absolute atomic E-state index is 0.0713. The summed E-state index contributed by atoms with van der Waals surface area (Å²) >= 11 is 0. The average molecular weight is 333 g/mol. The Morgan fingerprint density at radius 3 is 2.48 bits per heavy atom. The van der Waals surface area contributed by atoms with E-state index in [9.17, 15) is 8.42 Å². The largest absolute Gasteiger partial charge is 0.299 e. The molecule has 1 saturated carbocycles. The highest BCUT2D eigenvalue weighted by Gasteiger charge is 2.28. The Morgan fingerprint density at radius 1 is 1.09 bits per heavy atom. The van der Waals surface area contributed by atoms with E-state index >= 15 is 0 Å². The van der Waals surface area contributed by atoms with Gasteiger partial charge >= 0.3 is 0 Å².